The number of hydrogen-bond acceptors (Lipinski definition) is 5. The Balaban J connectivity index is 1.57. The lowest BCUT2D eigenvalue weighted by Gasteiger charge is -2.06. The number of rotatable bonds is 6. The summed E-state index contributed by atoms with van der Waals surface area (Å²) < 4.78 is 5.51. The lowest BCUT2D eigenvalue weighted by molar-refractivity contribution is -0.136. The van der Waals surface area contributed by atoms with E-state index in [4.69, 9.17) is 27.6 Å². The summed E-state index contributed by atoms with van der Waals surface area (Å²) in [6.07, 6.45) is 1.28. The molecule has 0 atom stereocenters. The van der Waals surface area contributed by atoms with Gasteiger partial charge in [-0.1, -0.05) is 41.4 Å². The summed E-state index contributed by atoms with van der Waals surface area (Å²) in [7, 11) is 0. The van der Waals surface area contributed by atoms with Crippen LogP contribution < -0.4 is 16.0 Å². The normalized spacial score (nSPS) is 10.8. The summed E-state index contributed by atoms with van der Waals surface area (Å²) in [5, 5.41) is 17.3. The molecule has 0 saturated carbocycles. The Hall–Kier alpha value is -4.06. The number of nitrogens with zero attached hydrogens (tertiary/aromatic N) is 1. The second kappa shape index (κ2) is 11.0. The van der Waals surface area contributed by atoms with Crippen LogP contribution in [-0.2, 0) is 20.9 Å². The quantitative estimate of drug-likeness (QED) is 0.273. The molecule has 1 heterocycles. The van der Waals surface area contributed by atoms with Gasteiger partial charge in [0.05, 0.1) is 6.54 Å². The van der Waals surface area contributed by atoms with Crippen molar-refractivity contribution in [3.05, 3.63) is 87.8 Å². The molecule has 3 rings (SSSR count). The van der Waals surface area contributed by atoms with Crippen LogP contribution in [0, 0.1) is 11.3 Å². The summed E-state index contributed by atoms with van der Waals surface area (Å²) in [5.41, 5.74) is 0.657. The number of carbonyl (C=O) groups is 3. The number of carbonyl (C=O) groups excluding carboxylic acids is 3. The lowest BCUT2D eigenvalue weighted by atomic mass is 10.2. The molecule has 0 radical (unpaired) electrons. The van der Waals surface area contributed by atoms with Gasteiger partial charge in [0.15, 0.2) is 0 Å². The van der Waals surface area contributed by atoms with Crippen molar-refractivity contribution in [1.29, 1.82) is 5.26 Å². The Morgan fingerprint density at radius 2 is 1.55 bits per heavy atom. The molecule has 3 amide bonds. The van der Waals surface area contributed by atoms with Crippen molar-refractivity contribution >= 4 is 58.4 Å². The molecule has 33 heavy (non-hydrogen) atoms. The minimum atomic E-state index is -0.913. The summed E-state index contributed by atoms with van der Waals surface area (Å²) in [6, 6.07) is 18.0. The third-order valence-corrected chi connectivity index (χ3v) is 4.55. The number of furan rings is 1. The third kappa shape index (κ3) is 6.97. The minimum absolute atomic E-state index is 0.0888. The molecule has 0 aliphatic heterocycles. The second-order valence-electron chi connectivity index (χ2n) is 6.59. The molecule has 0 spiro atoms. The van der Waals surface area contributed by atoms with E-state index < -0.39 is 17.7 Å². The maximum Gasteiger partial charge on any atom is 0.313 e. The maximum atomic E-state index is 12.3. The van der Waals surface area contributed by atoms with Gasteiger partial charge in [0.2, 0.25) is 0 Å². The van der Waals surface area contributed by atoms with E-state index >= 15 is 0 Å². The van der Waals surface area contributed by atoms with Crippen LogP contribution in [0.1, 0.15) is 11.5 Å². The molecule has 1 aromatic heterocycles. The molecule has 3 aromatic rings. The average molecular weight is 483 g/mol. The van der Waals surface area contributed by atoms with Crippen LogP contribution in [0.15, 0.2) is 70.7 Å². The number of hydrogen-bond donors (Lipinski definition) is 3. The van der Waals surface area contributed by atoms with Gasteiger partial charge in [0, 0.05) is 27.5 Å². The van der Waals surface area contributed by atoms with Gasteiger partial charge in [-0.2, -0.15) is 5.26 Å². The SMILES string of the molecule is N#C/C(=C/c1ccc(CNC(=O)C(=O)Nc2cc(Cl)cc(Cl)c2)o1)C(=O)Nc1ccccc1. The first-order valence-electron chi connectivity index (χ1n) is 9.46. The molecule has 8 nitrogen and oxygen atoms in total. The second-order valence-corrected chi connectivity index (χ2v) is 7.46. The Morgan fingerprint density at radius 3 is 2.21 bits per heavy atom. The molecule has 10 heteroatoms. The van der Waals surface area contributed by atoms with Gasteiger partial charge >= 0.3 is 11.8 Å². The van der Waals surface area contributed by atoms with E-state index in [1.165, 1.54) is 30.3 Å². The summed E-state index contributed by atoms with van der Waals surface area (Å²) >= 11 is 11.7. The minimum Gasteiger partial charge on any atom is -0.460 e. The first-order valence-corrected chi connectivity index (χ1v) is 10.2. The van der Waals surface area contributed by atoms with Gasteiger partial charge in [0.1, 0.15) is 23.2 Å². The molecule has 0 aliphatic carbocycles. The highest BCUT2D eigenvalue weighted by molar-refractivity contribution is 6.40. The molecule has 0 aliphatic rings. The zero-order valence-electron chi connectivity index (χ0n) is 16.9. The summed E-state index contributed by atoms with van der Waals surface area (Å²) in [4.78, 5) is 36.4. The molecule has 0 fully saturated rings. The number of nitriles is 1. The standard InChI is InChI=1S/C23H16Cl2N4O4/c24-15-9-16(25)11-18(10-15)29-23(32)22(31)27-13-20-7-6-19(33-20)8-14(12-26)21(30)28-17-4-2-1-3-5-17/h1-11H,13H2,(H,27,31)(H,28,30)(H,29,32)/b14-8-. The molecule has 0 unspecified atom stereocenters. The van der Waals surface area contributed by atoms with Crippen LogP contribution in [0.5, 0.6) is 0 Å². The largest absolute Gasteiger partial charge is 0.460 e. The zero-order chi connectivity index (χ0) is 23.8. The number of halogens is 2. The Kier molecular flexibility index (Phi) is 7.86. The van der Waals surface area contributed by atoms with Crippen LogP contribution in [0.3, 0.4) is 0 Å². The number of anilines is 2. The van der Waals surface area contributed by atoms with Crippen LogP contribution in [0.2, 0.25) is 10.0 Å². The Labute approximate surface area is 198 Å². The van der Waals surface area contributed by atoms with E-state index in [0.717, 1.165) is 0 Å². The first kappa shape index (κ1) is 23.6. The van der Waals surface area contributed by atoms with Crippen molar-refractivity contribution in [2.75, 3.05) is 10.6 Å². The number of nitrogens with one attached hydrogen (secondary N) is 3. The smallest absolute Gasteiger partial charge is 0.313 e. The number of amides is 3. The highest BCUT2D eigenvalue weighted by Gasteiger charge is 2.15. The zero-order valence-corrected chi connectivity index (χ0v) is 18.4. The first-order chi connectivity index (χ1) is 15.8. The van der Waals surface area contributed by atoms with Crippen molar-refractivity contribution in [3.63, 3.8) is 0 Å². The fourth-order valence-corrected chi connectivity index (χ4v) is 3.17. The summed E-state index contributed by atoms with van der Waals surface area (Å²) in [6.45, 7) is -0.0888. The Bertz CT molecular complexity index is 1240. The number of para-hydroxylation sites is 1. The molecule has 3 N–H and O–H groups in total. The van der Waals surface area contributed by atoms with E-state index in [1.54, 1.807) is 36.4 Å². The van der Waals surface area contributed by atoms with Gasteiger partial charge < -0.3 is 20.4 Å². The number of benzene rings is 2. The molecule has 166 valence electrons. The fraction of sp³-hybridized carbons (Fsp3) is 0.0435. The van der Waals surface area contributed by atoms with Crippen LogP contribution in [0.4, 0.5) is 11.4 Å². The van der Waals surface area contributed by atoms with Crippen LogP contribution in [-0.4, -0.2) is 17.7 Å². The van der Waals surface area contributed by atoms with E-state index in [1.807, 2.05) is 6.07 Å². The van der Waals surface area contributed by atoms with E-state index in [0.29, 0.717) is 21.5 Å². The molecular weight excluding hydrogens is 467 g/mol. The van der Waals surface area contributed by atoms with Crippen LogP contribution >= 0.6 is 23.2 Å². The van der Waals surface area contributed by atoms with Crippen molar-refractivity contribution in [2.45, 2.75) is 6.54 Å². The van der Waals surface area contributed by atoms with Crippen LogP contribution in [0.25, 0.3) is 6.08 Å². The van der Waals surface area contributed by atoms with Crippen molar-refractivity contribution in [3.8, 4) is 6.07 Å². The predicted molar refractivity (Wildman–Crippen MR) is 124 cm³/mol. The highest BCUT2D eigenvalue weighted by atomic mass is 35.5. The topological polar surface area (TPSA) is 124 Å². The van der Waals surface area contributed by atoms with Gasteiger partial charge in [-0.15, -0.1) is 0 Å². The third-order valence-electron chi connectivity index (χ3n) is 4.12. The van der Waals surface area contributed by atoms with Gasteiger partial charge in [-0.3, -0.25) is 14.4 Å². The lowest BCUT2D eigenvalue weighted by Crippen LogP contribution is -2.34. The molecule has 2 aromatic carbocycles. The van der Waals surface area contributed by atoms with E-state index in [9.17, 15) is 19.6 Å². The molecule has 0 bridgehead atoms. The molecule has 0 saturated heterocycles. The molecular formula is C23H16Cl2N4O4. The monoisotopic (exact) mass is 482 g/mol. The Morgan fingerprint density at radius 1 is 0.879 bits per heavy atom. The van der Waals surface area contributed by atoms with Gasteiger partial charge in [-0.25, -0.2) is 0 Å². The van der Waals surface area contributed by atoms with Gasteiger partial charge in [-0.05, 0) is 42.5 Å². The summed E-state index contributed by atoms with van der Waals surface area (Å²) in [5.74, 6) is -1.86. The van der Waals surface area contributed by atoms with Crippen molar-refractivity contribution < 1.29 is 18.8 Å². The average Bonchev–Trinajstić information content (AvgIpc) is 3.23. The van der Waals surface area contributed by atoms with Crippen molar-refractivity contribution in [1.82, 2.24) is 5.32 Å². The fourth-order valence-electron chi connectivity index (χ4n) is 2.64. The highest BCUT2D eigenvalue weighted by Crippen LogP contribution is 2.22. The van der Waals surface area contributed by atoms with Crippen molar-refractivity contribution in [2.24, 2.45) is 0 Å². The van der Waals surface area contributed by atoms with E-state index in [2.05, 4.69) is 16.0 Å². The predicted octanol–water partition coefficient (Wildman–Crippen LogP) is 4.39. The van der Waals surface area contributed by atoms with Gasteiger partial charge in [0.25, 0.3) is 5.91 Å². The maximum absolute atomic E-state index is 12.3. The van der Waals surface area contributed by atoms with E-state index in [-0.39, 0.29) is 23.6 Å².